The van der Waals surface area contributed by atoms with E-state index in [9.17, 15) is 0 Å². The van der Waals surface area contributed by atoms with Crippen LogP contribution in [0.4, 0.5) is 0 Å². The van der Waals surface area contributed by atoms with Crippen LogP contribution in [0.5, 0.6) is 0 Å². The van der Waals surface area contributed by atoms with E-state index in [1.54, 1.807) is 0 Å². The zero-order valence-corrected chi connectivity index (χ0v) is 13.5. The minimum atomic E-state index is 0.460. The topological polar surface area (TPSA) is 24.5 Å². The van der Waals surface area contributed by atoms with Crippen molar-refractivity contribution >= 4 is 0 Å². The van der Waals surface area contributed by atoms with Gasteiger partial charge in [0.05, 0.1) is 6.10 Å². The van der Waals surface area contributed by atoms with Crippen molar-refractivity contribution in [1.29, 1.82) is 0 Å². The second kappa shape index (κ2) is 9.73. The quantitative estimate of drug-likeness (QED) is 0.697. The number of nitrogens with one attached hydrogen (secondary N) is 1. The van der Waals surface area contributed by atoms with E-state index in [2.05, 4.69) is 38.0 Å². The van der Waals surface area contributed by atoms with Crippen molar-refractivity contribution in [3.05, 3.63) is 0 Å². The lowest BCUT2D eigenvalue weighted by Gasteiger charge is -2.41. The maximum atomic E-state index is 5.97. The molecule has 1 fully saturated rings. The van der Waals surface area contributed by atoms with Gasteiger partial charge in [-0.25, -0.2) is 0 Å². The molecule has 1 heterocycles. The molecule has 0 aromatic carbocycles. The van der Waals surface area contributed by atoms with Crippen LogP contribution in [0.25, 0.3) is 0 Å². The van der Waals surface area contributed by atoms with Gasteiger partial charge in [0.1, 0.15) is 0 Å². The fraction of sp³-hybridized carbons (Fsp3) is 1.00. The van der Waals surface area contributed by atoms with Gasteiger partial charge in [-0.3, -0.25) is 4.90 Å². The summed E-state index contributed by atoms with van der Waals surface area (Å²) in [6, 6.07) is 1.29. The first-order valence-corrected chi connectivity index (χ1v) is 8.29. The van der Waals surface area contributed by atoms with Gasteiger partial charge in [0.15, 0.2) is 0 Å². The van der Waals surface area contributed by atoms with E-state index >= 15 is 0 Å². The second-order valence-electron chi connectivity index (χ2n) is 5.79. The smallest absolute Gasteiger partial charge is 0.0702 e. The molecular formula is C16H34N2O. The van der Waals surface area contributed by atoms with Gasteiger partial charge in [0.2, 0.25) is 0 Å². The molecule has 0 radical (unpaired) electrons. The molecule has 1 saturated heterocycles. The van der Waals surface area contributed by atoms with Crippen LogP contribution in [-0.2, 0) is 4.74 Å². The first-order chi connectivity index (χ1) is 9.26. The van der Waals surface area contributed by atoms with Gasteiger partial charge < -0.3 is 10.1 Å². The number of rotatable bonds is 9. The minimum Gasteiger partial charge on any atom is -0.377 e. The predicted molar refractivity (Wildman–Crippen MR) is 82.7 cm³/mol. The molecular weight excluding hydrogens is 236 g/mol. The molecule has 19 heavy (non-hydrogen) atoms. The van der Waals surface area contributed by atoms with Crippen LogP contribution in [0.2, 0.25) is 0 Å². The van der Waals surface area contributed by atoms with Crippen LogP contribution < -0.4 is 5.32 Å². The number of ether oxygens (including phenoxy) is 1. The number of piperidine rings is 1. The van der Waals surface area contributed by atoms with Crippen LogP contribution in [-0.4, -0.2) is 49.8 Å². The van der Waals surface area contributed by atoms with Crippen molar-refractivity contribution in [3.63, 3.8) is 0 Å². The van der Waals surface area contributed by atoms with Crippen molar-refractivity contribution in [2.75, 3.05) is 26.7 Å². The third kappa shape index (κ3) is 5.41. The number of hydrogen-bond acceptors (Lipinski definition) is 3. The summed E-state index contributed by atoms with van der Waals surface area (Å²) in [7, 11) is 2.11. The van der Waals surface area contributed by atoms with Crippen molar-refractivity contribution < 1.29 is 4.74 Å². The average Bonchev–Trinajstić information content (AvgIpc) is 2.45. The highest BCUT2D eigenvalue weighted by Gasteiger charge is 2.29. The Morgan fingerprint density at radius 3 is 2.63 bits per heavy atom. The average molecular weight is 270 g/mol. The Bertz CT molecular complexity index is 223. The number of nitrogens with zero attached hydrogens (tertiary/aromatic N) is 1. The number of hydrogen-bond donors (Lipinski definition) is 1. The van der Waals surface area contributed by atoms with Crippen LogP contribution in [0.3, 0.4) is 0 Å². The molecule has 0 spiro atoms. The van der Waals surface area contributed by atoms with E-state index in [0.717, 1.165) is 19.6 Å². The normalized spacial score (nSPS) is 24.3. The highest BCUT2D eigenvalue weighted by atomic mass is 16.5. The fourth-order valence-electron chi connectivity index (χ4n) is 3.33. The van der Waals surface area contributed by atoms with E-state index in [1.165, 1.54) is 38.6 Å². The molecule has 3 nitrogen and oxygen atoms in total. The van der Waals surface area contributed by atoms with Crippen molar-refractivity contribution in [2.24, 2.45) is 0 Å². The van der Waals surface area contributed by atoms with Gasteiger partial charge in [0, 0.05) is 25.2 Å². The van der Waals surface area contributed by atoms with Crippen LogP contribution >= 0.6 is 0 Å². The van der Waals surface area contributed by atoms with Gasteiger partial charge in [-0.1, -0.05) is 27.2 Å². The zero-order valence-electron chi connectivity index (χ0n) is 13.5. The summed E-state index contributed by atoms with van der Waals surface area (Å²) in [5.74, 6) is 0. The number of likely N-dealkylation sites (N-methyl/N-ethyl adjacent to an activating group) is 1. The van der Waals surface area contributed by atoms with E-state index in [1.807, 2.05) is 0 Å². The second-order valence-corrected chi connectivity index (χ2v) is 5.79. The molecule has 1 rings (SSSR count). The van der Waals surface area contributed by atoms with E-state index in [-0.39, 0.29) is 0 Å². The molecule has 3 unspecified atom stereocenters. The van der Waals surface area contributed by atoms with E-state index in [0.29, 0.717) is 18.2 Å². The lowest BCUT2D eigenvalue weighted by atomic mass is 9.96. The van der Waals surface area contributed by atoms with E-state index < -0.39 is 0 Å². The third-order valence-corrected chi connectivity index (χ3v) is 4.29. The third-order valence-electron chi connectivity index (χ3n) is 4.29. The standard InChI is InChI=1S/C16H34N2O/c1-5-9-15(17-4)16(7-3)18-11-8-10-14(13-18)19-12-6-2/h14-17H,5-13H2,1-4H3. The molecule has 1 N–H and O–H groups in total. The summed E-state index contributed by atoms with van der Waals surface area (Å²) in [5, 5.41) is 3.53. The molecule has 0 saturated carbocycles. The van der Waals surface area contributed by atoms with E-state index in [4.69, 9.17) is 4.74 Å². The van der Waals surface area contributed by atoms with Gasteiger partial charge in [-0.05, 0) is 45.7 Å². The van der Waals surface area contributed by atoms with Crippen LogP contribution in [0.1, 0.15) is 59.3 Å². The molecule has 0 bridgehead atoms. The summed E-state index contributed by atoms with van der Waals surface area (Å²) in [4.78, 5) is 2.67. The molecule has 0 amide bonds. The molecule has 0 aromatic rings. The Morgan fingerprint density at radius 1 is 1.26 bits per heavy atom. The summed E-state index contributed by atoms with van der Waals surface area (Å²) >= 11 is 0. The van der Waals surface area contributed by atoms with Gasteiger partial charge in [-0.15, -0.1) is 0 Å². The van der Waals surface area contributed by atoms with Gasteiger partial charge in [0.25, 0.3) is 0 Å². The van der Waals surface area contributed by atoms with Crippen LogP contribution in [0.15, 0.2) is 0 Å². The fourth-order valence-corrected chi connectivity index (χ4v) is 3.33. The number of likely N-dealkylation sites (tertiary alicyclic amines) is 1. The minimum absolute atomic E-state index is 0.460. The Kier molecular flexibility index (Phi) is 8.67. The van der Waals surface area contributed by atoms with Crippen molar-refractivity contribution in [3.8, 4) is 0 Å². The highest BCUT2D eigenvalue weighted by Crippen LogP contribution is 2.21. The molecule has 0 aromatic heterocycles. The molecule has 0 aliphatic carbocycles. The molecule has 3 atom stereocenters. The first kappa shape index (κ1) is 16.9. The molecule has 1 aliphatic heterocycles. The van der Waals surface area contributed by atoms with Crippen molar-refractivity contribution in [2.45, 2.75) is 77.5 Å². The Labute approximate surface area is 120 Å². The lowest BCUT2D eigenvalue weighted by Crippen LogP contribution is -2.53. The monoisotopic (exact) mass is 270 g/mol. The maximum absolute atomic E-state index is 5.97. The van der Waals surface area contributed by atoms with Gasteiger partial charge in [-0.2, -0.15) is 0 Å². The first-order valence-electron chi connectivity index (χ1n) is 8.29. The summed E-state index contributed by atoms with van der Waals surface area (Å²) < 4.78 is 5.97. The Morgan fingerprint density at radius 2 is 2.05 bits per heavy atom. The predicted octanol–water partition coefficient (Wildman–Crippen LogP) is 3.04. The molecule has 1 aliphatic rings. The Balaban J connectivity index is 2.53. The largest absolute Gasteiger partial charge is 0.377 e. The highest BCUT2D eigenvalue weighted by molar-refractivity contribution is 4.86. The van der Waals surface area contributed by atoms with Crippen LogP contribution in [0, 0.1) is 0 Å². The van der Waals surface area contributed by atoms with Gasteiger partial charge >= 0.3 is 0 Å². The SMILES string of the molecule is CCCOC1CCCN(C(CC)C(CCC)NC)C1. The summed E-state index contributed by atoms with van der Waals surface area (Å²) in [6.07, 6.45) is 7.87. The maximum Gasteiger partial charge on any atom is 0.0702 e. The summed E-state index contributed by atoms with van der Waals surface area (Å²) in [6.45, 7) is 10.1. The summed E-state index contributed by atoms with van der Waals surface area (Å²) in [5.41, 5.74) is 0. The molecule has 3 heteroatoms. The lowest BCUT2D eigenvalue weighted by molar-refractivity contribution is -0.0182. The zero-order chi connectivity index (χ0) is 14.1. The molecule has 114 valence electrons. The van der Waals surface area contributed by atoms with Crippen molar-refractivity contribution in [1.82, 2.24) is 10.2 Å². The Hall–Kier alpha value is -0.120.